The molecule has 0 heterocycles. The van der Waals surface area contributed by atoms with Gasteiger partial charge in [0.05, 0.1) is 6.08 Å². The van der Waals surface area contributed by atoms with Crippen LogP contribution in [0.25, 0.3) is 0 Å². The summed E-state index contributed by atoms with van der Waals surface area (Å²) < 4.78 is 13.2. The van der Waals surface area contributed by atoms with Crippen LogP contribution >= 0.6 is 0 Å². The molecule has 1 aromatic carbocycles. The van der Waals surface area contributed by atoms with Gasteiger partial charge in [-0.2, -0.15) is 0 Å². The molecule has 1 amide bonds. The maximum atomic E-state index is 13.2. The van der Waals surface area contributed by atoms with Crippen molar-refractivity contribution in [1.29, 1.82) is 0 Å². The van der Waals surface area contributed by atoms with Crippen molar-refractivity contribution < 1.29 is 24.2 Å². The number of carboxylic acid groups (broad SMARTS) is 1. The second kappa shape index (κ2) is 5.81. The Hall–Kier alpha value is -2.37. The van der Waals surface area contributed by atoms with E-state index < -0.39 is 17.6 Å². The zero-order chi connectivity index (χ0) is 13.7. The Morgan fingerprint density at radius 3 is 2.61 bits per heavy atom. The second-order valence-corrected chi connectivity index (χ2v) is 3.64. The molecule has 3 N–H and O–H groups in total. The lowest BCUT2D eigenvalue weighted by Gasteiger charge is -2.04. The number of aryl methyl sites for hydroxylation is 1. The first-order valence-corrected chi connectivity index (χ1v) is 5.07. The van der Waals surface area contributed by atoms with Crippen LogP contribution in [0.5, 0.6) is 0 Å². The van der Waals surface area contributed by atoms with Crippen molar-refractivity contribution in [2.45, 2.75) is 13.5 Å². The van der Waals surface area contributed by atoms with E-state index in [1.165, 1.54) is 6.07 Å². The lowest BCUT2D eigenvalue weighted by Crippen LogP contribution is -2.21. The molecular weight excluding hydrogens is 241 g/mol. The number of rotatable bonds is 4. The summed E-state index contributed by atoms with van der Waals surface area (Å²) in [4.78, 5) is 21.4. The predicted molar refractivity (Wildman–Crippen MR) is 61.3 cm³/mol. The van der Waals surface area contributed by atoms with E-state index in [0.29, 0.717) is 17.2 Å². The van der Waals surface area contributed by atoms with Gasteiger partial charge < -0.3 is 15.5 Å². The molecule has 0 radical (unpaired) electrons. The van der Waals surface area contributed by atoms with Crippen LogP contribution in [0.15, 0.2) is 30.0 Å². The number of carboxylic acids is 1. The number of hydrogen-bond donors (Lipinski definition) is 3. The highest BCUT2D eigenvalue weighted by molar-refractivity contribution is 5.95. The monoisotopic (exact) mass is 253 g/mol. The summed E-state index contributed by atoms with van der Waals surface area (Å²) >= 11 is 0. The molecule has 0 fully saturated rings. The fourth-order valence-electron chi connectivity index (χ4n) is 1.17. The molecule has 1 aromatic rings. The van der Waals surface area contributed by atoms with Gasteiger partial charge in [-0.05, 0) is 24.1 Å². The maximum Gasteiger partial charge on any atom is 0.371 e. The molecule has 0 aliphatic carbocycles. The Morgan fingerprint density at radius 2 is 2.06 bits per heavy atom. The molecule has 6 heteroatoms. The molecule has 0 saturated heterocycles. The van der Waals surface area contributed by atoms with Crippen LogP contribution in [-0.2, 0) is 16.1 Å². The van der Waals surface area contributed by atoms with Gasteiger partial charge in [-0.25, -0.2) is 9.18 Å². The Bertz CT molecular complexity index is 511. The number of carbonyl (C=O) groups is 2. The van der Waals surface area contributed by atoms with E-state index in [2.05, 4.69) is 5.32 Å². The number of carbonyl (C=O) groups excluding carboxylic acids is 1. The molecule has 1 rings (SSSR count). The van der Waals surface area contributed by atoms with Crippen molar-refractivity contribution in [2.24, 2.45) is 0 Å². The number of amides is 1. The van der Waals surface area contributed by atoms with Gasteiger partial charge in [0.1, 0.15) is 5.82 Å². The minimum absolute atomic E-state index is 0.0411. The average molecular weight is 253 g/mol. The number of halogens is 1. The molecule has 0 aliphatic heterocycles. The van der Waals surface area contributed by atoms with Crippen molar-refractivity contribution in [3.8, 4) is 0 Å². The Kier molecular flexibility index (Phi) is 4.42. The van der Waals surface area contributed by atoms with Crippen LogP contribution in [0.2, 0.25) is 0 Å². The highest BCUT2D eigenvalue weighted by Gasteiger charge is 2.07. The zero-order valence-electron chi connectivity index (χ0n) is 9.61. The molecule has 0 aliphatic rings. The van der Waals surface area contributed by atoms with E-state index in [1.54, 1.807) is 19.1 Å². The fourth-order valence-corrected chi connectivity index (χ4v) is 1.17. The third kappa shape index (κ3) is 3.89. The van der Waals surface area contributed by atoms with E-state index in [4.69, 9.17) is 10.2 Å². The topological polar surface area (TPSA) is 86.6 Å². The highest BCUT2D eigenvalue weighted by Crippen LogP contribution is 2.08. The minimum Gasteiger partial charge on any atom is -0.502 e. The molecule has 0 aromatic heterocycles. The molecule has 18 heavy (non-hydrogen) atoms. The van der Waals surface area contributed by atoms with Crippen LogP contribution in [0.3, 0.4) is 0 Å². The van der Waals surface area contributed by atoms with Crippen LogP contribution < -0.4 is 5.32 Å². The summed E-state index contributed by atoms with van der Waals surface area (Å²) in [5.74, 6) is -3.80. The molecule has 96 valence electrons. The standard InChI is InChI=1S/C12H12FNO4/c1-7-2-3-8(4-9(7)13)6-14-11(16)5-10(15)12(17)18/h2-5,15H,6H2,1H3,(H,14,16)(H,17,18). The summed E-state index contributed by atoms with van der Waals surface area (Å²) in [5.41, 5.74) is 1.03. The summed E-state index contributed by atoms with van der Waals surface area (Å²) in [7, 11) is 0. The summed E-state index contributed by atoms with van der Waals surface area (Å²) in [6.07, 6.45) is 0.548. The van der Waals surface area contributed by atoms with Crippen LogP contribution in [0.1, 0.15) is 11.1 Å². The number of nitrogens with one attached hydrogen (secondary N) is 1. The van der Waals surface area contributed by atoms with Gasteiger partial charge in [0.25, 0.3) is 0 Å². The Labute approximate surface area is 103 Å². The largest absolute Gasteiger partial charge is 0.502 e. The second-order valence-electron chi connectivity index (χ2n) is 3.64. The fraction of sp³-hybridized carbons (Fsp3) is 0.167. The first-order valence-electron chi connectivity index (χ1n) is 5.07. The number of aliphatic hydroxyl groups excluding tert-OH is 1. The number of benzene rings is 1. The van der Waals surface area contributed by atoms with E-state index in [-0.39, 0.29) is 12.4 Å². The van der Waals surface area contributed by atoms with Crippen molar-refractivity contribution in [1.82, 2.24) is 5.32 Å². The molecule has 0 spiro atoms. The normalized spacial score (nSPS) is 11.1. The van der Waals surface area contributed by atoms with Gasteiger partial charge in [-0.3, -0.25) is 4.79 Å². The van der Waals surface area contributed by atoms with Crippen molar-refractivity contribution in [3.63, 3.8) is 0 Å². The summed E-state index contributed by atoms with van der Waals surface area (Å²) in [5, 5.41) is 19.5. The predicted octanol–water partition coefficient (Wildman–Crippen LogP) is 1.28. The van der Waals surface area contributed by atoms with Gasteiger partial charge in [0.15, 0.2) is 0 Å². The molecule has 0 atom stereocenters. The molecular formula is C12H12FNO4. The summed E-state index contributed by atoms with van der Waals surface area (Å²) in [6, 6.07) is 4.48. The van der Waals surface area contributed by atoms with Gasteiger partial charge in [-0.1, -0.05) is 12.1 Å². The molecule has 5 nitrogen and oxygen atoms in total. The lowest BCUT2D eigenvalue weighted by molar-refractivity contribution is -0.136. The van der Waals surface area contributed by atoms with Gasteiger partial charge in [0, 0.05) is 6.54 Å². The van der Waals surface area contributed by atoms with Crippen molar-refractivity contribution in [3.05, 3.63) is 47.0 Å². The lowest BCUT2D eigenvalue weighted by atomic mass is 10.1. The first-order chi connectivity index (χ1) is 8.40. The molecule has 0 unspecified atom stereocenters. The quantitative estimate of drug-likeness (QED) is 0.557. The number of aliphatic hydroxyl groups is 1. The van der Waals surface area contributed by atoms with Gasteiger partial charge in [-0.15, -0.1) is 0 Å². The third-order valence-corrected chi connectivity index (χ3v) is 2.19. The van der Waals surface area contributed by atoms with Crippen LogP contribution in [-0.4, -0.2) is 22.1 Å². The number of aliphatic carboxylic acids is 1. The highest BCUT2D eigenvalue weighted by atomic mass is 19.1. The number of hydrogen-bond acceptors (Lipinski definition) is 3. The van der Waals surface area contributed by atoms with E-state index in [9.17, 15) is 14.0 Å². The molecule has 0 saturated carbocycles. The minimum atomic E-state index is -1.59. The maximum absolute atomic E-state index is 13.2. The SMILES string of the molecule is Cc1ccc(CNC(=O)C=C(O)C(=O)O)cc1F. The average Bonchev–Trinajstić information content (AvgIpc) is 2.30. The van der Waals surface area contributed by atoms with Crippen molar-refractivity contribution in [2.75, 3.05) is 0 Å². The van der Waals surface area contributed by atoms with Gasteiger partial charge in [0.2, 0.25) is 11.7 Å². The van der Waals surface area contributed by atoms with Gasteiger partial charge >= 0.3 is 5.97 Å². The first kappa shape index (κ1) is 13.7. The van der Waals surface area contributed by atoms with E-state index >= 15 is 0 Å². The smallest absolute Gasteiger partial charge is 0.371 e. The van der Waals surface area contributed by atoms with Crippen LogP contribution in [0.4, 0.5) is 4.39 Å². The van der Waals surface area contributed by atoms with Crippen LogP contribution in [0, 0.1) is 12.7 Å². The third-order valence-electron chi connectivity index (χ3n) is 2.19. The molecule has 0 bridgehead atoms. The Morgan fingerprint density at radius 1 is 1.39 bits per heavy atom. The van der Waals surface area contributed by atoms with E-state index in [1.807, 2.05) is 0 Å². The Balaban J connectivity index is 2.60. The summed E-state index contributed by atoms with van der Waals surface area (Å²) in [6.45, 7) is 1.66. The van der Waals surface area contributed by atoms with E-state index in [0.717, 1.165) is 0 Å². The van der Waals surface area contributed by atoms with Crippen molar-refractivity contribution >= 4 is 11.9 Å². The zero-order valence-corrected chi connectivity index (χ0v) is 9.61.